The number of amides is 1. The molecule has 4 aliphatic rings. The predicted octanol–water partition coefficient (Wildman–Crippen LogP) is 0.863. The van der Waals surface area contributed by atoms with Crippen molar-refractivity contribution < 1.29 is 14.3 Å². The fraction of sp³-hybridized carbons (Fsp3) is 0.500. The molecule has 11 nitrogen and oxygen atoms in total. The molecule has 0 spiro atoms. The molecule has 2 aromatic rings. The summed E-state index contributed by atoms with van der Waals surface area (Å²) in [7, 11) is 0. The standard InChI is InChI=1S/C24H30N8O3/c1-2-22(33)32-13-17(14-32)29-3-5-30(6-4-29)21-11-19-20(12-25-21)35-15-18-23(28-19)26-16-27-24(18)31-7-9-34-10-8-31/h2,11-12,16-17H,1,3-10,13-15H2,(H,26,27,28). The van der Waals surface area contributed by atoms with Gasteiger partial charge in [-0.1, -0.05) is 6.58 Å². The number of carbonyl (C=O) groups is 1. The highest BCUT2D eigenvalue weighted by Gasteiger charge is 2.35. The van der Waals surface area contributed by atoms with Gasteiger partial charge in [0.2, 0.25) is 5.91 Å². The smallest absolute Gasteiger partial charge is 0.246 e. The Balaban J connectivity index is 1.13. The molecule has 184 valence electrons. The molecule has 35 heavy (non-hydrogen) atoms. The van der Waals surface area contributed by atoms with Crippen LogP contribution in [0.25, 0.3) is 0 Å². The van der Waals surface area contributed by atoms with Gasteiger partial charge in [-0.3, -0.25) is 9.69 Å². The molecular formula is C24H30N8O3. The molecule has 2 aromatic heterocycles. The quantitative estimate of drug-likeness (QED) is 0.637. The molecule has 4 aliphatic heterocycles. The Morgan fingerprint density at radius 2 is 1.86 bits per heavy atom. The Morgan fingerprint density at radius 3 is 2.63 bits per heavy atom. The maximum Gasteiger partial charge on any atom is 0.246 e. The molecule has 0 atom stereocenters. The molecule has 11 heteroatoms. The van der Waals surface area contributed by atoms with E-state index in [-0.39, 0.29) is 5.91 Å². The van der Waals surface area contributed by atoms with E-state index in [1.165, 1.54) is 6.08 Å². The van der Waals surface area contributed by atoms with E-state index < -0.39 is 0 Å². The molecule has 6 rings (SSSR count). The third kappa shape index (κ3) is 4.25. The number of carbonyl (C=O) groups excluding carboxylic acids is 1. The molecule has 0 aliphatic carbocycles. The van der Waals surface area contributed by atoms with E-state index in [0.29, 0.717) is 31.6 Å². The first-order valence-electron chi connectivity index (χ1n) is 12.2. The molecule has 0 saturated carbocycles. The number of likely N-dealkylation sites (tertiary alicyclic amines) is 1. The lowest BCUT2D eigenvalue weighted by Gasteiger charge is -2.48. The normalized spacial score (nSPS) is 20.6. The Kier molecular flexibility index (Phi) is 5.86. The lowest BCUT2D eigenvalue weighted by atomic mass is 10.1. The SMILES string of the molecule is C=CC(=O)N1CC(N2CCN(c3cc4c(cn3)OCc3c(ncnc3N3CCOCC3)N4)CC2)C1. The van der Waals surface area contributed by atoms with E-state index in [2.05, 4.69) is 36.6 Å². The first-order chi connectivity index (χ1) is 17.2. The Morgan fingerprint density at radius 1 is 1.06 bits per heavy atom. The monoisotopic (exact) mass is 478 g/mol. The number of morpholine rings is 1. The summed E-state index contributed by atoms with van der Waals surface area (Å²) in [5.41, 5.74) is 1.81. The summed E-state index contributed by atoms with van der Waals surface area (Å²) < 4.78 is 11.6. The Hall–Kier alpha value is -3.44. The highest BCUT2D eigenvalue weighted by molar-refractivity contribution is 5.87. The molecule has 0 unspecified atom stereocenters. The number of ether oxygens (including phenoxy) is 2. The predicted molar refractivity (Wildman–Crippen MR) is 131 cm³/mol. The van der Waals surface area contributed by atoms with Crippen LogP contribution in [0.15, 0.2) is 31.2 Å². The van der Waals surface area contributed by atoms with Crippen LogP contribution in [-0.2, 0) is 16.1 Å². The molecule has 0 radical (unpaired) electrons. The van der Waals surface area contributed by atoms with Crippen molar-refractivity contribution in [3.63, 3.8) is 0 Å². The Labute approximate surface area is 204 Å². The molecule has 0 bridgehead atoms. The van der Waals surface area contributed by atoms with E-state index in [4.69, 9.17) is 14.5 Å². The van der Waals surface area contributed by atoms with Crippen LogP contribution in [0.5, 0.6) is 5.75 Å². The zero-order chi connectivity index (χ0) is 23.8. The molecule has 3 fully saturated rings. The number of rotatable bonds is 4. The summed E-state index contributed by atoms with van der Waals surface area (Å²) in [5, 5.41) is 3.47. The first-order valence-corrected chi connectivity index (χ1v) is 12.2. The summed E-state index contributed by atoms with van der Waals surface area (Å²) in [5.74, 6) is 3.31. The van der Waals surface area contributed by atoms with Gasteiger partial charge >= 0.3 is 0 Å². The average Bonchev–Trinajstić information content (AvgIpc) is 3.07. The van der Waals surface area contributed by atoms with Gasteiger partial charge < -0.3 is 29.5 Å². The van der Waals surface area contributed by atoms with Crippen LogP contribution < -0.4 is 19.9 Å². The summed E-state index contributed by atoms with van der Waals surface area (Å²) >= 11 is 0. The summed E-state index contributed by atoms with van der Waals surface area (Å²) in [6, 6.07) is 2.48. The molecule has 0 aromatic carbocycles. The number of hydrogen-bond acceptors (Lipinski definition) is 10. The van der Waals surface area contributed by atoms with Gasteiger partial charge in [-0.05, 0) is 6.08 Å². The fourth-order valence-corrected chi connectivity index (χ4v) is 5.10. The van der Waals surface area contributed by atoms with Crippen molar-refractivity contribution in [3.05, 3.63) is 36.8 Å². The minimum absolute atomic E-state index is 0.0210. The lowest BCUT2D eigenvalue weighted by Crippen LogP contribution is -2.64. The minimum atomic E-state index is 0.0210. The van der Waals surface area contributed by atoms with Crippen LogP contribution in [0.4, 0.5) is 23.1 Å². The largest absolute Gasteiger partial charge is 0.485 e. The highest BCUT2D eigenvalue weighted by atomic mass is 16.5. The van der Waals surface area contributed by atoms with Crippen LogP contribution in [0, 0.1) is 0 Å². The number of fused-ring (bicyclic) bond motifs is 2. The lowest BCUT2D eigenvalue weighted by molar-refractivity contribution is -0.133. The second-order valence-electron chi connectivity index (χ2n) is 9.20. The van der Waals surface area contributed by atoms with Gasteiger partial charge in [0.15, 0.2) is 5.75 Å². The molecular weight excluding hydrogens is 448 g/mol. The van der Waals surface area contributed by atoms with Gasteiger partial charge in [0.1, 0.15) is 30.4 Å². The third-order valence-electron chi connectivity index (χ3n) is 7.21. The van der Waals surface area contributed by atoms with Crippen LogP contribution in [-0.4, -0.2) is 102 Å². The third-order valence-corrected chi connectivity index (χ3v) is 7.21. The number of aromatic nitrogens is 3. The molecule has 1 N–H and O–H groups in total. The highest BCUT2D eigenvalue weighted by Crippen LogP contribution is 2.37. The van der Waals surface area contributed by atoms with Crippen LogP contribution in [0.3, 0.4) is 0 Å². The summed E-state index contributed by atoms with van der Waals surface area (Å²) in [6.07, 6.45) is 4.79. The molecule has 6 heterocycles. The maximum absolute atomic E-state index is 11.7. The zero-order valence-electron chi connectivity index (χ0n) is 19.7. The number of nitrogens with zero attached hydrogens (tertiary/aromatic N) is 7. The van der Waals surface area contributed by atoms with Gasteiger partial charge in [-0.15, -0.1) is 0 Å². The number of nitrogens with one attached hydrogen (secondary N) is 1. The fourth-order valence-electron chi connectivity index (χ4n) is 5.10. The second-order valence-corrected chi connectivity index (χ2v) is 9.20. The zero-order valence-corrected chi connectivity index (χ0v) is 19.7. The van der Waals surface area contributed by atoms with E-state index in [1.54, 1.807) is 12.5 Å². The second kappa shape index (κ2) is 9.31. The van der Waals surface area contributed by atoms with Crippen molar-refractivity contribution in [3.8, 4) is 5.75 Å². The van der Waals surface area contributed by atoms with Crippen LogP contribution in [0.1, 0.15) is 5.56 Å². The van der Waals surface area contributed by atoms with Crippen molar-refractivity contribution in [2.45, 2.75) is 12.6 Å². The first kappa shape index (κ1) is 22.1. The topological polar surface area (TPSA) is 99.2 Å². The van der Waals surface area contributed by atoms with Crippen molar-refractivity contribution in [1.29, 1.82) is 0 Å². The number of pyridine rings is 1. The van der Waals surface area contributed by atoms with Gasteiger partial charge in [-0.2, -0.15) is 0 Å². The number of piperazine rings is 1. The number of anilines is 4. The number of hydrogen-bond donors (Lipinski definition) is 1. The summed E-state index contributed by atoms with van der Waals surface area (Å²) in [6.45, 7) is 12.2. The minimum Gasteiger partial charge on any atom is -0.485 e. The van der Waals surface area contributed by atoms with Crippen molar-refractivity contribution in [1.82, 2.24) is 24.8 Å². The van der Waals surface area contributed by atoms with Crippen LogP contribution >= 0.6 is 0 Å². The van der Waals surface area contributed by atoms with E-state index >= 15 is 0 Å². The van der Waals surface area contributed by atoms with Crippen molar-refractivity contribution >= 4 is 29.0 Å². The van der Waals surface area contributed by atoms with E-state index in [0.717, 1.165) is 81.1 Å². The van der Waals surface area contributed by atoms with Crippen LogP contribution in [0.2, 0.25) is 0 Å². The Bertz CT molecular complexity index is 1110. The van der Waals surface area contributed by atoms with E-state index in [1.807, 2.05) is 11.0 Å². The maximum atomic E-state index is 11.7. The van der Waals surface area contributed by atoms with E-state index in [9.17, 15) is 4.79 Å². The molecule has 1 amide bonds. The van der Waals surface area contributed by atoms with Gasteiger partial charge in [0.25, 0.3) is 0 Å². The average molecular weight is 479 g/mol. The van der Waals surface area contributed by atoms with Crippen molar-refractivity contribution in [2.24, 2.45) is 0 Å². The van der Waals surface area contributed by atoms with Crippen molar-refractivity contribution in [2.75, 3.05) is 80.7 Å². The molecule has 3 saturated heterocycles. The van der Waals surface area contributed by atoms with Gasteiger partial charge in [0, 0.05) is 64.5 Å². The van der Waals surface area contributed by atoms with Gasteiger partial charge in [-0.25, -0.2) is 15.0 Å². The van der Waals surface area contributed by atoms with Gasteiger partial charge in [0.05, 0.1) is 30.7 Å². The summed E-state index contributed by atoms with van der Waals surface area (Å²) in [4.78, 5) is 34.3.